The van der Waals surface area contributed by atoms with Crippen LogP contribution in [0.5, 0.6) is 5.75 Å². The third kappa shape index (κ3) is 5.38. The Morgan fingerprint density at radius 1 is 1.03 bits per heavy atom. The quantitative estimate of drug-likeness (QED) is 0.477. The maximum atomic E-state index is 12.0. The van der Waals surface area contributed by atoms with Crippen molar-refractivity contribution in [3.8, 4) is 5.75 Å². The highest BCUT2D eigenvalue weighted by molar-refractivity contribution is 5.92. The Kier molecular flexibility index (Phi) is 6.33. The number of hydrogen-bond donors (Lipinski definition) is 2. The Bertz CT molecular complexity index is 1070. The van der Waals surface area contributed by atoms with Crippen LogP contribution in [0.4, 0.5) is 16.2 Å². The topological polar surface area (TPSA) is 123 Å². The number of carbonyl (C=O) groups excluding carboxylic acids is 2. The molecule has 9 nitrogen and oxygen atoms in total. The number of nitro groups is 1. The summed E-state index contributed by atoms with van der Waals surface area (Å²) >= 11 is 0. The van der Waals surface area contributed by atoms with Crippen LogP contribution >= 0.6 is 0 Å². The fourth-order valence-corrected chi connectivity index (χ4v) is 2.66. The zero-order valence-corrected chi connectivity index (χ0v) is 16.0. The maximum Gasteiger partial charge on any atom is 0.417 e. The number of ether oxygens (including phenoxy) is 1. The van der Waals surface area contributed by atoms with Gasteiger partial charge in [0.05, 0.1) is 4.92 Å². The molecule has 9 heteroatoms. The van der Waals surface area contributed by atoms with Crippen molar-refractivity contribution in [3.63, 3.8) is 0 Å². The minimum Gasteiger partial charge on any atom is -0.410 e. The highest BCUT2D eigenvalue weighted by Gasteiger charge is 2.09. The van der Waals surface area contributed by atoms with Gasteiger partial charge in [-0.05, 0) is 53.9 Å². The van der Waals surface area contributed by atoms with Gasteiger partial charge in [0, 0.05) is 31.1 Å². The molecule has 2 amide bonds. The summed E-state index contributed by atoms with van der Waals surface area (Å²) in [5.41, 5.74) is 2.71. The summed E-state index contributed by atoms with van der Waals surface area (Å²) in [5, 5.41) is 15.8. The number of hydrogen-bond acceptors (Lipinski definition) is 6. The van der Waals surface area contributed by atoms with Crippen molar-refractivity contribution in [2.75, 3.05) is 12.4 Å². The molecule has 3 rings (SSSR count). The summed E-state index contributed by atoms with van der Waals surface area (Å²) in [6.07, 6.45) is 1.48. The molecule has 0 bridgehead atoms. The second-order valence-corrected chi connectivity index (χ2v) is 6.27. The van der Waals surface area contributed by atoms with Gasteiger partial charge in [-0.25, -0.2) is 4.79 Å². The molecule has 0 unspecified atom stereocenters. The molecule has 152 valence electrons. The van der Waals surface area contributed by atoms with Crippen LogP contribution in [0.2, 0.25) is 0 Å². The molecular formula is C21H18N4O5. The Morgan fingerprint density at radius 3 is 2.37 bits per heavy atom. The van der Waals surface area contributed by atoms with Gasteiger partial charge in [0.25, 0.3) is 11.6 Å². The van der Waals surface area contributed by atoms with Crippen molar-refractivity contribution in [1.29, 1.82) is 0 Å². The summed E-state index contributed by atoms with van der Waals surface area (Å²) in [6.45, 7) is 0. The molecule has 0 aliphatic rings. The van der Waals surface area contributed by atoms with E-state index in [9.17, 15) is 19.7 Å². The van der Waals surface area contributed by atoms with Crippen molar-refractivity contribution in [2.24, 2.45) is 0 Å². The minimum absolute atomic E-state index is 0.0880. The number of amides is 2. The van der Waals surface area contributed by atoms with E-state index < -0.39 is 11.0 Å². The summed E-state index contributed by atoms with van der Waals surface area (Å²) in [6, 6.07) is 15.9. The van der Waals surface area contributed by atoms with Gasteiger partial charge in [0.15, 0.2) is 0 Å². The number of aromatic nitrogens is 1. The van der Waals surface area contributed by atoms with Crippen molar-refractivity contribution in [3.05, 3.63) is 93.8 Å². The first-order chi connectivity index (χ1) is 14.4. The van der Waals surface area contributed by atoms with Crippen LogP contribution in [0.15, 0.2) is 66.9 Å². The monoisotopic (exact) mass is 406 g/mol. The van der Waals surface area contributed by atoms with Gasteiger partial charge in [-0.15, -0.1) is 0 Å². The van der Waals surface area contributed by atoms with E-state index in [4.69, 9.17) is 4.74 Å². The predicted molar refractivity (Wildman–Crippen MR) is 110 cm³/mol. The maximum absolute atomic E-state index is 12.0. The van der Waals surface area contributed by atoms with Gasteiger partial charge >= 0.3 is 6.09 Å². The van der Waals surface area contributed by atoms with Crippen molar-refractivity contribution in [2.45, 2.75) is 6.42 Å². The molecule has 1 heterocycles. The van der Waals surface area contributed by atoms with Gasteiger partial charge < -0.3 is 10.1 Å². The molecular weight excluding hydrogens is 388 g/mol. The van der Waals surface area contributed by atoms with Crippen LogP contribution in [-0.4, -0.2) is 29.0 Å². The molecule has 0 spiro atoms. The molecule has 0 saturated carbocycles. The number of pyridine rings is 1. The second-order valence-electron chi connectivity index (χ2n) is 6.27. The van der Waals surface area contributed by atoms with Crippen LogP contribution < -0.4 is 15.4 Å². The molecule has 2 aromatic carbocycles. The summed E-state index contributed by atoms with van der Waals surface area (Å²) in [5.74, 6) is -0.0535. The van der Waals surface area contributed by atoms with Gasteiger partial charge in [-0.1, -0.05) is 12.1 Å². The summed E-state index contributed by atoms with van der Waals surface area (Å²) in [7, 11) is 1.55. The summed E-state index contributed by atoms with van der Waals surface area (Å²) < 4.78 is 5.11. The Balaban J connectivity index is 1.58. The Labute approximate surface area is 171 Å². The third-order valence-electron chi connectivity index (χ3n) is 4.15. The van der Waals surface area contributed by atoms with Crippen LogP contribution in [0.3, 0.4) is 0 Å². The van der Waals surface area contributed by atoms with E-state index >= 15 is 0 Å². The number of carbonyl (C=O) groups is 2. The highest BCUT2D eigenvalue weighted by atomic mass is 16.6. The normalized spacial score (nSPS) is 10.2. The smallest absolute Gasteiger partial charge is 0.410 e. The average Bonchev–Trinajstić information content (AvgIpc) is 2.75. The fourth-order valence-electron chi connectivity index (χ4n) is 2.66. The SMILES string of the molecule is CNC(=O)c1cc(Cc2ccc(NC(=O)Oc3ccc([N+](=O)[O-])cc3)cc2)ccn1. The lowest BCUT2D eigenvalue weighted by Crippen LogP contribution is -2.19. The van der Waals surface area contributed by atoms with Gasteiger partial charge in [0.1, 0.15) is 11.4 Å². The molecule has 0 aliphatic heterocycles. The van der Waals surface area contributed by atoms with Crippen LogP contribution in [0, 0.1) is 10.1 Å². The van der Waals surface area contributed by atoms with Crippen LogP contribution in [0.25, 0.3) is 0 Å². The number of nitro benzene ring substituents is 1. The number of nitrogens with one attached hydrogen (secondary N) is 2. The van der Waals surface area contributed by atoms with Crippen molar-refractivity contribution in [1.82, 2.24) is 10.3 Å². The highest BCUT2D eigenvalue weighted by Crippen LogP contribution is 2.19. The molecule has 0 radical (unpaired) electrons. The summed E-state index contributed by atoms with van der Waals surface area (Å²) in [4.78, 5) is 37.8. The number of rotatable bonds is 6. The first-order valence-electron chi connectivity index (χ1n) is 8.94. The van der Waals surface area contributed by atoms with Crippen LogP contribution in [0.1, 0.15) is 21.6 Å². The molecule has 2 N–H and O–H groups in total. The third-order valence-corrected chi connectivity index (χ3v) is 4.15. The molecule has 3 aromatic rings. The molecule has 30 heavy (non-hydrogen) atoms. The van der Waals surface area contributed by atoms with Crippen molar-refractivity contribution >= 4 is 23.4 Å². The lowest BCUT2D eigenvalue weighted by Gasteiger charge is -2.08. The molecule has 1 aromatic heterocycles. The number of anilines is 1. The standard InChI is InChI=1S/C21H18N4O5/c1-22-20(26)19-13-15(10-11-23-19)12-14-2-4-16(5-3-14)24-21(27)30-18-8-6-17(7-9-18)25(28)29/h2-11,13H,12H2,1H3,(H,22,26)(H,24,27). The zero-order chi connectivity index (χ0) is 21.5. The van der Waals surface area contributed by atoms with Gasteiger partial charge in [0.2, 0.25) is 0 Å². The van der Waals surface area contributed by atoms with E-state index in [1.165, 1.54) is 24.3 Å². The van der Waals surface area contributed by atoms with E-state index in [1.54, 1.807) is 31.4 Å². The predicted octanol–water partition coefficient (Wildman–Crippen LogP) is 3.55. The first kappa shape index (κ1) is 20.5. The average molecular weight is 406 g/mol. The van der Waals surface area contributed by atoms with E-state index in [0.29, 0.717) is 17.8 Å². The second kappa shape index (κ2) is 9.28. The number of benzene rings is 2. The first-order valence-corrected chi connectivity index (χ1v) is 8.94. The van der Waals surface area contributed by atoms with Crippen molar-refractivity contribution < 1.29 is 19.2 Å². The van der Waals surface area contributed by atoms with E-state index in [2.05, 4.69) is 15.6 Å². The van der Waals surface area contributed by atoms with E-state index in [-0.39, 0.29) is 17.3 Å². The molecule has 0 fully saturated rings. The lowest BCUT2D eigenvalue weighted by molar-refractivity contribution is -0.384. The Hall–Kier alpha value is -4.27. The van der Waals surface area contributed by atoms with Gasteiger partial charge in [-0.3, -0.25) is 25.2 Å². The van der Waals surface area contributed by atoms with E-state index in [1.807, 2.05) is 18.2 Å². The largest absolute Gasteiger partial charge is 0.417 e. The fraction of sp³-hybridized carbons (Fsp3) is 0.0952. The molecule has 0 aliphatic carbocycles. The lowest BCUT2D eigenvalue weighted by atomic mass is 10.0. The van der Waals surface area contributed by atoms with E-state index in [0.717, 1.165) is 11.1 Å². The number of non-ortho nitro benzene ring substituents is 1. The van der Waals surface area contributed by atoms with Crippen LogP contribution in [-0.2, 0) is 6.42 Å². The minimum atomic E-state index is -0.707. The zero-order valence-electron chi connectivity index (χ0n) is 16.0. The molecule has 0 atom stereocenters. The molecule has 0 saturated heterocycles. The Morgan fingerprint density at radius 2 is 1.73 bits per heavy atom. The van der Waals surface area contributed by atoms with Gasteiger partial charge in [-0.2, -0.15) is 0 Å². The number of nitrogens with zero attached hydrogens (tertiary/aromatic N) is 2.